The second-order valence-electron chi connectivity index (χ2n) is 5.17. The zero-order valence-corrected chi connectivity index (χ0v) is 12.9. The van der Waals surface area contributed by atoms with E-state index >= 15 is 0 Å². The Morgan fingerprint density at radius 3 is 2.52 bits per heavy atom. The van der Waals surface area contributed by atoms with Gasteiger partial charge < -0.3 is 15.2 Å². The molecule has 0 saturated heterocycles. The monoisotopic (exact) mass is 285 g/mol. The van der Waals surface area contributed by atoms with Crippen molar-refractivity contribution >= 4 is 5.91 Å². The van der Waals surface area contributed by atoms with Crippen LogP contribution in [0.5, 0.6) is 0 Å². The standard InChI is InChI=1S/C17H23N3O/c1-13-12-16(17(21)19-11-7-10-18-3)14(2)20(13)15-8-5-4-6-9-15/h4-6,8-9,12,18H,7,10-11H2,1-3H3,(H,19,21). The molecule has 112 valence electrons. The van der Waals surface area contributed by atoms with Gasteiger partial charge in [-0.25, -0.2) is 0 Å². The van der Waals surface area contributed by atoms with Gasteiger partial charge in [0.15, 0.2) is 0 Å². The Hall–Kier alpha value is -2.07. The summed E-state index contributed by atoms with van der Waals surface area (Å²) in [5, 5.41) is 6.05. The number of para-hydroxylation sites is 1. The van der Waals surface area contributed by atoms with Crippen molar-refractivity contribution in [1.82, 2.24) is 15.2 Å². The number of aromatic nitrogens is 1. The second-order valence-corrected chi connectivity index (χ2v) is 5.17. The fraction of sp³-hybridized carbons (Fsp3) is 0.353. The van der Waals surface area contributed by atoms with Crippen molar-refractivity contribution in [3.63, 3.8) is 0 Å². The number of rotatable bonds is 6. The number of aryl methyl sites for hydroxylation is 1. The van der Waals surface area contributed by atoms with Gasteiger partial charge in [0, 0.05) is 23.6 Å². The van der Waals surface area contributed by atoms with E-state index in [0.29, 0.717) is 6.54 Å². The first-order chi connectivity index (χ1) is 10.1. The fourth-order valence-corrected chi connectivity index (χ4v) is 2.53. The Bertz CT molecular complexity index is 602. The maximum Gasteiger partial charge on any atom is 0.253 e. The lowest BCUT2D eigenvalue weighted by molar-refractivity contribution is 0.0952. The largest absolute Gasteiger partial charge is 0.352 e. The number of nitrogens with one attached hydrogen (secondary N) is 2. The summed E-state index contributed by atoms with van der Waals surface area (Å²) in [7, 11) is 1.91. The van der Waals surface area contributed by atoms with Crippen LogP contribution in [0.25, 0.3) is 5.69 Å². The molecule has 0 bridgehead atoms. The normalized spacial score (nSPS) is 10.6. The summed E-state index contributed by atoms with van der Waals surface area (Å²) in [6, 6.07) is 12.1. The minimum Gasteiger partial charge on any atom is -0.352 e. The van der Waals surface area contributed by atoms with Gasteiger partial charge in [-0.2, -0.15) is 0 Å². The van der Waals surface area contributed by atoms with Crippen LogP contribution in [0.3, 0.4) is 0 Å². The highest BCUT2D eigenvalue weighted by molar-refractivity contribution is 5.95. The van der Waals surface area contributed by atoms with Crippen LogP contribution in [-0.2, 0) is 0 Å². The number of hydrogen-bond donors (Lipinski definition) is 2. The van der Waals surface area contributed by atoms with Crippen molar-refractivity contribution in [2.45, 2.75) is 20.3 Å². The van der Waals surface area contributed by atoms with E-state index in [1.165, 1.54) is 0 Å². The molecule has 0 unspecified atom stereocenters. The molecule has 0 spiro atoms. The van der Waals surface area contributed by atoms with Crippen molar-refractivity contribution in [3.05, 3.63) is 53.3 Å². The summed E-state index contributed by atoms with van der Waals surface area (Å²) < 4.78 is 2.11. The summed E-state index contributed by atoms with van der Waals surface area (Å²) in [5.74, 6) is 0.00128. The molecule has 2 aromatic rings. The molecule has 2 rings (SSSR count). The molecular formula is C17H23N3O. The van der Waals surface area contributed by atoms with Gasteiger partial charge in [-0.15, -0.1) is 0 Å². The van der Waals surface area contributed by atoms with E-state index in [-0.39, 0.29) is 5.91 Å². The van der Waals surface area contributed by atoms with Crippen molar-refractivity contribution < 1.29 is 4.79 Å². The third kappa shape index (κ3) is 3.52. The van der Waals surface area contributed by atoms with Gasteiger partial charge in [0.2, 0.25) is 0 Å². The molecule has 0 aliphatic rings. The smallest absolute Gasteiger partial charge is 0.253 e. The van der Waals surface area contributed by atoms with E-state index in [1.54, 1.807) is 0 Å². The average molecular weight is 285 g/mol. The summed E-state index contributed by atoms with van der Waals surface area (Å²) in [6.07, 6.45) is 0.930. The van der Waals surface area contributed by atoms with Gasteiger partial charge in [0.25, 0.3) is 5.91 Å². The third-order valence-corrected chi connectivity index (χ3v) is 3.58. The lowest BCUT2D eigenvalue weighted by Crippen LogP contribution is -2.26. The molecule has 0 radical (unpaired) electrons. The lowest BCUT2D eigenvalue weighted by Gasteiger charge is -2.10. The molecular weight excluding hydrogens is 262 g/mol. The first-order valence-corrected chi connectivity index (χ1v) is 7.32. The molecule has 4 heteroatoms. The van der Waals surface area contributed by atoms with Crippen molar-refractivity contribution in [2.24, 2.45) is 0 Å². The van der Waals surface area contributed by atoms with Gasteiger partial charge in [0.05, 0.1) is 5.56 Å². The maximum atomic E-state index is 12.3. The summed E-state index contributed by atoms with van der Waals surface area (Å²) in [6.45, 7) is 5.61. The van der Waals surface area contributed by atoms with Gasteiger partial charge in [-0.3, -0.25) is 4.79 Å². The number of benzene rings is 1. The van der Waals surface area contributed by atoms with Crippen molar-refractivity contribution in [1.29, 1.82) is 0 Å². The first-order valence-electron chi connectivity index (χ1n) is 7.32. The lowest BCUT2D eigenvalue weighted by atomic mass is 10.2. The fourth-order valence-electron chi connectivity index (χ4n) is 2.53. The number of nitrogens with zero attached hydrogens (tertiary/aromatic N) is 1. The van der Waals surface area contributed by atoms with E-state index in [4.69, 9.17) is 0 Å². The number of amides is 1. The molecule has 21 heavy (non-hydrogen) atoms. The van der Waals surface area contributed by atoms with Crippen LogP contribution in [0.4, 0.5) is 0 Å². The minimum absolute atomic E-state index is 0.00128. The SMILES string of the molecule is CNCCCNC(=O)c1cc(C)n(-c2ccccc2)c1C. The third-order valence-electron chi connectivity index (χ3n) is 3.58. The topological polar surface area (TPSA) is 46.1 Å². The van der Waals surface area contributed by atoms with E-state index in [1.807, 2.05) is 45.2 Å². The summed E-state index contributed by atoms with van der Waals surface area (Å²) in [4.78, 5) is 12.3. The van der Waals surface area contributed by atoms with Crippen LogP contribution in [0, 0.1) is 13.8 Å². The molecule has 1 aromatic heterocycles. The maximum absolute atomic E-state index is 12.3. The molecule has 0 aliphatic carbocycles. The Labute approximate surface area is 126 Å². The van der Waals surface area contributed by atoms with Crippen LogP contribution in [-0.4, -0.2) is 30.6 Å². The molecule has 0 fully saturated rings. The highest BCUT2D eigenvalue weighted by Gasteiger charge is 2.15. The van der Waals surface area contributed by atoms with Crippen molar-refractivity contribution in [3.8, 4) is 5.69 Å². The molecule has 0 aliphatic heterocycles. The Balaban J connectivity index is 2.17. The van der Waals surface area contributed by atoms with Gasteiger partial charge >= 0.3 is 0 Å². The minimum atomic E-state index is 0.00128. The van der Waals surface area contributed by atoms with E-state index in [0.717, 1.165) is 35.6 Å². The molecule has 1 heterocycles. The Morgan fingerprint density at radius 1 is 1.14 bits per heavy atom. The number of carbonyl (C=O) groups is 1. The van der Waals surface area contributed by atoms with E-state index in [2.05, 4.69) is 27.3 Å². The molecule has 2 N–H and O–H groups in total. The highest BCUT2D eigenvalue weighted by Crippen LogP contribution is 2.20. The average Bonchev–Trinajstić information content (AvgIpc) is 2.79. The van der Waals surface area contributed by atoms with Crippen LogP contribution in [0.2, 0.25) is 0 Å². The number of carbonyl (C=O) groups excluding carboxylic acids is 1. The molecule has 0 saturated carbocycles. The highest BCUT2D eigenvalue weighted by atomic mass is 16.1. The molecule has 4 nitrogen and oxygen atoms in total. The van der Waals surface area contributed by atoms with E-state index < -0.39 is 0 Å². The van der Waals surface area contributed by atoms with Crippen LogP contribution in [0.15, 0.2) is 36.4 Å². The molecule has 1 aromatic carbocycles. The van der Waals surface area contributed by atoms with Crippen LogP contribution < -0.4 is 10.6 Å². The summed E-state index contributed by atoms with van der Waals surface area (Å²) >= 11 is 0. The Kier molecular flexibility index (Phi) is 5.17. The first kappa shape index (κ1) is 15.3. The van der Waals surface area contributed by atoms with Gasteiger partial charge in [-0.1, -0.05) is 18.2 Å². The quantitative estimate of drug-likeness (QED) is 0.801. The zero-order chi connectivity index (χ0) is 15.2. The van der Waals surface area contributed by atoms with Crippen LogP contribution in [0.1, 0.15) is 28.2 Å². The molecule has 0 atom stereocenters. The number of hydrogen-bond acceptors (Lipinski definition) is 2. The van der Waals surface area contributed by atoms with E-state index in [9.17, 15) is 4.79 Å². The predicted molar refractivity (Wildman–Crippen MR) is 86.1 cm³/mol. The second kappa shape index (κ2) is 7.09. The zero-order valence-electron chi connectivity index (χ0n) is 12.9. The van der Waals surface area contributed by atoms with Gasteiger partial charge in [-0.05, 0) is 52.1 Å². The van der Waals surface area contributed by atoms with Crippen LogP contribution >= 0.6 is 0 Å². The van der Waals surface area contributed by atoms with Crippen molar-refractivity contribution in [2.75, 3.05) is 20.1 Å². The van der Waals surface area contributed by atoms with Gasteiger partial charge in [0.1, 0.15) is 0 Å². The summed E-state index contributed by atoms with van der Waals surface area (Å²) in [5.41, 5.74) is 3.88. The Morgan fingerprint density at radius 2 is 1.86 bits per heavy atom. The predicted octanol–water partition coefficient (Wildman–Crippen LogP) is 2.43. The molecule has 1 amide bonds.